The van der Waals surface area contributed by atoms with Gasteiger partial charge in [-0.05, 0) is 37.5 Å². The van der Waals surface area contributed by atoms with E-state index in [1.54, 1.807) is 0 Å². The van der Waals surface area contributed by atoms with E-state index in [2.05, 4.69) is 41.5 Å². The molecule has 0 heterocycles. The molecule has 600 valence electrons. The lowest BCUT2D eigenvalue weighted by molar-refractivity contribution is -0.161. The lowest BCUT2D eigenvalue weighted by atomic mass is 10.0. The summed E-state index contributed by atoms with van der Waals surface area (Å²) in [5.41, 5.74) is 0. The highest BCUT2D eigenvalue weighted by Crippen LogP contribution is 2.45. The van der Waals surface area contributed by atoms with Crippen molar-refractivity contribution >= 4 is 39.5 Å². The van der Waals surface area contributed by atoms with Crippen LogP contribution in [0.25, 0.3) is 0 Å². The summed E-state index contributed by atoms with van der Waals surface area (Å²) in [5, 5.41) is 10.6. The van der Waals surface area contributed by atoms with Crippen LogP contribution in [0.15, 0.2) is 0 Å². The molecule has 0 fully saturated rings. The van der Waals surface area contributed by atoms with Gasteiger partial charge in [-0.3, -0.25) is 37.3 Å². The predicted octanol–water partition coefficient (Wildman–Crippen LogP) is 24.7. The van der Waals surface area contributed by atoms with Crippen LogP contribution in [-0.4, -0.2) is 96.7 Å². The summed E-state index contributed by atoms with van der Waals surface area (Å²) in [6.45, 7) is 9.63. The summed E-state index contributed by atoms with van der Waals surface area (Å²) in [4.78, 5) is 72.9. The topological polar surface area (TPSA) is 237 Å². The molecule has 5 atom stereocenters. The van der Waals surface area contributed by atoms with Crippen LogP contribution in [0, 0.1) is 11.8 Å². The smallest absolute Gasteiger partial charge is 0.462 e. The van der Waals surface area contributed by atoms with Crippen molar-refractivity contribution in [2.75, 3.05) is 39.6 Å². The van der Waals surface area contributed by atoms with E-state index in [0.717, 1.165) is 115 Å². The summed E-state index contributed by atoms with van der Waals surface area (Å²) in [5.74, 6) is -0.537. The van der Waals surface area contributed by atoms with Crippen LogP contribution < -0.4 is 0 Å². The number of carbonyl (C=O) groups excluding carboxylic acids is 4. The first-order valence-electron chi connectivity index (χ1n) is 42.5. The van der Waals surface area contributed by atoms with Crippen molar-refractivity contribution in [1.29, 1.82) is 0 Å². The molecule has 0 rings (SSSR count). The predicted molar refractivity (Wildman–Crippen MR) is 414 cm³/mol. The fourth-order valence-electron chi connectivity index (χ4n) is 12.7. The number of aliphatic hydroxyl groups is 1. The fraction of sp³-hybridized carbons (Fsp3) is 0.951. The molecule has 0 aromatic rings. The number of carbonyl (C=O) groups is 4. The number of rotatable bonds is 81. The zero-order valence-corrected chi connectivity index (χ0v) is 68.0. The van der Waals surface area contributed by atoms with E-state index in [0.29, 0.717) is 25.7 Å². The van der Waals surface area contributed by atoms with Gasteiger partial charge in [-0.2, -0.15) is 0 Å². The van der Waals surface area contributed by atoms with Gasteiger partial charge >= 0.3 is 39.5 Å². The van der Waals surface area contributed by atoms with Crippen LogP contribution >= 0.6 is 15.6 Å². The van der Waals surface area contributed by atoms with Crippen molar-refractivity contribution in [2.45, 2.75) is 452 Å². The number of unbranched alkanes of at least 4 members (excludes halogenated alkanes) is 51. The highest BCUT2D eigenvalue weighted by Gasteiger charge is 2.30. The largest absolute Gasteiger partial charge is 0.472 e. The molecule has 0 aromatic carbocycles. The fourth-order valence-corrected chi connectivity index (χ4v) is 14.3. The van der Waals surface area contributed by atoms with Gasteiger partial charge in [0.25, 0.3) is 0 Å². The Morgan fingerprint density at radius 2 is 0.455 bits per heavy atom. The average molecular weight is 1480 g/mol. The van der Waals surface area contributed by atoms with E-state index in [4.69, 9.17) is 37.0 Å². The van der Waals surface area contributed by atoms with E-state index < -0.39 is 97.5 Å². The molecular weight excluding hydrogens is 1320 g/mol. The molecule has 19 heteroatoms. The van der Waals surface area contributed by atoms with E-state index in [1.165, 1.54) is 238 Å². The number of phosphoric ester groups is 2. The first-order valence-corrected chi connectivity index (χ1v) is 45.5. The first-order chi connectivity index (χ1) is 48.9. The number of aliphatic hydroxyl groups excluding tert-OH is 1. The summed E-state index contributed by atoms with van der Waals surface area (Å²) in [7, 11) is -9.92. The number of esters is 4. The third-order valence-corrected chi connectivity index (χ3v) is 21.1. The van der Waals surface area contributed by atoms with Crippen molar-refractivity contribution < 1.29 is 80.2 Å². The number of hydrogen-bond donors (Lipinski definition) is 3. The SMILES string of the molecule is CCCCCCCCCCCCCCCCCCCCCCCCC(=O)O[C@H](COC(=O)CCCCCCCCCCCCCCCCC(C)C)COP(=O)(O)OC[C@@H](O)COP(=O)(O)OC[C@@H](COC(=O)CCCCCCCCC)OC(=O)CCCCCCCCCCCCCCC(C)C. The number of ether oxygens (including phenoxy) is 4. The van der Waals surface area contributed by atoms with Crippen LogP contribution in [0.2, 0.25) is 0 Å². The van der Waals surface area contributed by atoms with Crippen LogP contribution in [0.1, 0.15) is 433 Å². The number of phosphoric acid groups is 2. The third kappa shape index (κ3) is 76.1. The van der Waals surface area contributed by atoms with Crippen molar-refractivity contribution in [3.63, 3.8) is 0 Å². The maximum absolute atomic E-state index is 13.1. The van der Waals surface area contributed by atoms with Gasteiger partial charge in [-0.15, -0.1) is 0 Å². The van der Waals surface area contributed by atoms with Gasteiger partial charge in [0.15, 0.2) is 12.2 Å². The molecule has 0 amide bonds. The molecule has 0 aliphatic heterocycles. The van der Waals surface area contributed by atoms with Gasteiger partial charge in [0.05, 0.1) is 26.4 Å². The third-order valence-electron chi connectivity index (χ3n) is 19.2. The quantitative estimate of drug-likeness (QED) is 0.0222. The van der Waals surface area contributed by atoms with Gasteiger partial charge < -0.3 is 33.8 Å². The Labute approximate surface area is 619 Å². The van der Waals surface area contributed by atoms with E-state index in [-0.39, 0.29) is 25.7 Å². The lowest BCUT2D eigenvalue weighted by Gasteiger charge is -2.21. The molecule has 0 aliphatic rings. The zero-order valence-electron chi connectivity index (χ0n) is 66.2. The molecule has 0 aliphatic carbocycles. The van der Waals surface area contributed by atoms with Crippen LogP contribution in [0.3, 0.4) is 0 Å². The molecule has 0 bridgehead atoms. The highest BCUT2D eigenvalue weighted by atomic mass is 31.2. The van der Waals surface area contributed by atoms with Gasteiger partial charge in [0.1, 0.15) is 19.3 Å². The Balaban J connectivity index is 5.16. The molecule has 0 saturated carbocycles. The summed E-state index contributed by atoms with van der Waals surface area (Å²) < 4.78 is 68.6. The van der Waals surface area contributed by atoms with Crippen molar-refractivity contribution in [3.05, 3.63) is 0 Å². The van der Waals surface area contributed by atoms with Crippen LogP contribution in [-0.2, 0) is 65.4 Å². The normalized spacial score (nSPS) is 13.9. The maximum Gasteiger partial charge on any atom is 0.472 e. The Hall–Kier alpha value is -1.94. The van der Waals surface area contributed by atoms with Crippen LogP contribution in [0.4, 0.5) is 0 Å². The Kier molecular flexibility index (Phi) is 72.2. The Morgan fingerprint density at radius 1 is 0.267 bits per heavy atom. The zero-order chi connectivity index (χ0) is 74.2. The van der Waals surface area contributed by atoms with E-state index in [1.807, 2.05) is 0 Å². The summed E-state index contributed by atoms with van der Waals surface area (Å²) in [6, 6.07) is 0. The Morgan fingerprint density at radius 3 is 0.673 bits per heavy atom. The summed E-state index contributed by atoms with van der Waals surface area (Å²) in [6.07, 6.45) is 64.1. The maximum atomic E-state index is 13.1. The second kappa shape index (κ2) is 73.6. The second-order valence-corrected chi connectivity index (χ2v) is 33.4. The molecule has 0 spiro atoms. The van der Waals surface area contributed by atoms with Gasteiger partial charge in [-0.1, -0.05) is 382 Å². The Bertz CT molecular complexity index is 1940. The van der Waals surface area contributed by atoms with Crippen molar-refractivity contribution in [2.24, 2.45) is 11.8 Å². The average Bonchev–Trinajstić information content (AvgIpc) is 1.33. The van der Waals surface area contributed by atoms with E-state index in [9.17, 15) is 43.2 Å². The molecule has 3 N–H and O–H groups in total. The molecule has 0 saturated heterocycles. The van der Waals surface area contributed by atoms with Gasteiger partial charge in [0, 0.05) is 25.7 Å². The minimum atomic E-state index is -4.96. The molecule has 101 heavy (non-hydrogen) atoms. The molecule has 0 aromatic heterocycles. The van der Waals surface area contributed by atoms with Gasteiger partial charge in [-0.25, -0.2) is 9.13 Å². The van der Waals surface area contributed by atoms with Gasteiger partial charge in [0.2, 0.25) is 0 Å². The second-order valence-electron chi connectivity index (χ2n) is 30.5. The minimum absolute atomic E-state index is 0.107. The van der Waals surface area contributed by atoms with Crippen molar-refractivity contribution in [1.82, 2.24) is 0 Å². The van der Waals surface area contributed by atoms with Crippen LogP contribution in [0.5, 0.6) is 0 Å². The number of hydrogen-bond acceptors (Lipinski definition) is 15. The molecule has 2 unspecified atom stereocenters. The monoisotopic (exact) mass is 1480 g/mol. The molecule has 17 nitrogen and oxygen atoms in total. The standard InChI is InChI=1S/C82H160O17P2/c1-7-9-11-13-15-16-17-18-19-20-21-22-23-24-25-26-31-37-42-48-54-60-66-82(87)99-78(71-93-80(85)65-59-53-47-41-36-30-28-27-29-34-39-45-50-56-62-74(3)4)73-97-101(90,91)95-69-76(83)68-94-100(88,89)96-72-77(70-92-79(84)64-58-52-44-14-12-10-8-2)98-81(86)67-61-55-49-43-38-33-32-35-40-46-51-57-63-75(5)6/h74-78,83H,7-73H2,1-6H3,(H,88,89)(H,90,91)/t76-,77+,78+/m0/s1. The van der Waals surface area contributed by atoms with E-state index >= 15 is 0 Å². The lowest BCUT2D eigenvalue weighted by Crippen LogP contribution is -2.30. The molecular formula is C82H160O17P2. The van der Waals surface area contributed by atoms with Crippen molar-refractivity contribution in [3.8, 4) is 0 Å². The minimum Gasteiger partial charge on any atom is -0.462 e. The summed E-state index contributed by atoms with van der Waals surface area (Å²) >= 11 is 0. The highest BCUT2D eigenvalue weighted by molar-refractivity contribution is 7.47. The molecule has 0 radical (unpaired) electrons. The first kappa shape index (κ1) is 99.1.